The minimum absolute atomic E-state index is 0.533. The third-order valence-corrected chi connectivity index (χ3v) is 5.32. The molecule has 0 amide bonds. The highest BCUT2D eigenvalue weighted by atomic mass is 35.5. The van der Waals surface area contributed by atoms with E-state index in [2.05, 4.69) is 16.9 Å². The Balaban J connectivity index is 2.19. The number of rotatable bonds is 6. The van der Waals surface area contributed by atoms with Gasteiger partial charge in [-0.15, -0.1) is 0 Å². The van der Waals surface area contributed by atoms with Crippen LogP contribution in [-0.2, 0) is 13.0 Å². The van der Waals surface area contributed by atoms with Crippen molar-refractivity contribution < 1.29 is 9.47 Å². The Bertz CT molecular complexity index is 943. The lowest BCUT2D eigenvalue weighted by atomic mass is 10.0. The summed E-state index contributed by atoms with van der Waals surface area (Å²) in [4.78, 5) is 16.6. The largest absolute Gasteiger partial charge is 0.496 e. The van der Waals surface area contributed by atoms with Crippen LogP contribution in [0, 0.1) is 0 Å². The second kappa shape index (κ2) is 7.73. The number of hydrogen-bond donors (Lipinski definition) is 0. The van der Waals surface area contributed by atoms with Gasteiger partial charge in [0.05, 0.1) is 32.0 Å². The summed E-state index contributed by atoms with van der Waals surface area (Å²) in [6.45, 7) is 2.74. The van der Waals surface area contributed by atoms with Crippen LogP contribution in [0.25, 0.3) is 20.9 Å². The molecule has 0 N–H and O–H groups in total. The highest BCUT2D eigenvalue weighted by Gasteiger charge is 2.22. The van der Waals surface area contributed by atoms with Crippen LogP contribution < -0.4 is 9.47 Å². The van der Waals surface area contributed by atoms with Gasteiger partial charge in [0.1, 0.15) is 32.7 Å². The van der Waals surface area contributed by atoms with E-state index in [1.54, 1.807) is 20.4 Å². The molecule has 26 heavy (non-hydrogen) atoms. The van der Waals surface area contributed by atoms with Crippen molar-refractivity contribution in [2.24, 2.45) is 0 Å². The van der Waals surface area contributed by atoms with Crippen LogP contribution in [-0.4, -0.2) is 48.2 Å². The van der Waals surface area contributed by atoms with Gasteiger partial charge in [-0.1, -0.05) is 29.9 Å². The summed E-state index contributed by atoms with van der Waals surface area (Å²) >= 11 is 8.12. The van der Waals surface area contributed by atoms with Crippen molar-refractivity contribution in [2.45, 2.75) is 19.9 Å². The lowest BCUT2D eigenvalue weighted by molar-refractivity contribution is 0.391. The van der Waals surface area contributed by atoms with E-state index in [4.69, 9.17) is 26.1 Å². The van der Waals surface area contributed by atoms with Gasteiger partial charge in [-0.25, -0.2) is 15.0 Å². The SMILES string of the molecule is CCc1c(OC)cc(OC)c(Cl)c1-c1nc2cnc(CN(C)C)nc2s1. The molecule has 0 aliphatic rings. The third kappa shape index (κ3) is 3.47. The lowest BCUT2D eigenvalue weighted by Gasteiger charge is -2.15. The van der Waals surface area contributed by atoms with Gasteiger partial charge < -0.3 is 14.4 Å². The third-order valence-electron chi connectivity index (χ3n) is 3.96. The fraction of sp³-hybridized carbons (Fsp3) is 0.389. The molecular formula is C18H21ClN4O2S. The Morgan fingerprint density at radius 3 is 2.50 bits per heavy atom. The molecule has 2 heterocycles. The molecule has 8 heteroatoms. The van der Waals surface area contributed by atoms with Crippen molar-refractivity contribution >= 4 is 33.3 Å². The molecule has 0 saturated carbocycles. The van der Waals surface area contributed by atoms with Gasteiger partial charge in [-0.2, -0.15) is 0 Å². The number of fused-ring (bicyclic) bond motifs is 1. The Morgan fingerprint density at radius 2 is 1.88 bits per heavy atom. The van der Waals surface area contributed by atoms with Crippen molar-refractivity contribution in [3.63, 3.8) is 0 Å². The van der Waals surface area contributed by atoms with Gasteiger partial charge in [-0.05, 0) is 20.5 Å². The summed E-state index contributed by atoms with van der Waals surface area (Å²) in [7, 11) is 7.21. The lowest BCUT2D eigenvalue weighted by Crippen LogP contribution is -2.13. The first-order valence-corrected chi connectivity index (χ1v) is 9.38. The van der Waals surface area contributed by atoms with Crippen LogP contribution in [0.4, 0.5) is 0 Å². The number of nitrogens with zero attached hydrogens (tertiary/aromatic N) is 4. The van der Waals surface area contributed by atoms with E-state index in [1.807, 2.05) is 25.1 Å². The first-order chi connectivity index (χ1) is 12.5. The molecule has 0 aliphatic heterocycles. The molecule has 138 valence electrons. The van der Waals surface area contributed by atoms with Gasteiger partial charge in [0.15, 0.2) is 0 Å². The zero-order chi connectivity index (χ0) is 18.8. The Morgan fingerprint density at radius 1 is 1.15 bits per heavy atom. The molecule has 3 rings (SSSR count). The second-order valence-corrected chi connectivity index (χ2v) is 7.39. The minimum atomic E-state index is 0.533. The summed E-state index contributed by atoms with van der Waals surface area (Å²) in [6.07, 6.45) is 2.52. The summed E-state index contributed by atoms with van der Waals surface area (Å²) in [5.41, 5.74) is 2.59. The quantitative estimate of drug-likeness (QED) is 0.630. The molecule has 0 saturated heterocycles. The van der Waals surface area contributed by atoms with Gasteiger partial charge in [-0.3, -0.25) is 0 Å². The summed E-state index contributed by atoms with van der Waals surface area (Å²) in [5.74, 6) is 2.07. The number of ether oxygens (including phenoxy) is 2. The summed E-state index contributed by atoms with van der Waals surface area (Å²) in [5, 5.41) is 1.32. The van der Waals surface area contributed by atoms with E-state index in [1.165, 1.54) is 11.3 Å². The maximum atomic E-state index is 6.63. The highest BCUT2D eigenvalue weighted by Crippen LogP contribution is 2.45. The molecule has 6 nitrogen and oxygen atoms in total. The van der Waals surface area contributed by atoms with E-state index in [0.29, 0.717) is 17.3 Å². The van der Waals surface area contributed by atoms with Crippen LogP contribution in [0.15, 0.2) is 12.3 Å². The van der Waals surface area contributed by atoms with E-state index in [-0.39, 0.29) is 0 Å². The van der Waals surface area contributed by atoms with Crippen molar-refractivity contribution in [3.05, 3.63) is 28.7 Å². The molecular weight excluding hydrogens is 372 g/mol. The fourth-order valence-corrected chi connectivity index (χ4v) is 4.19. The van der Waals surface area contributed by atoms with Gasteiger partial charge in [0.2, 0.25) is 0 Å². The maximum absolute atomic E-state index is 6.63. The van der Waals surface area contributed by atoms with Crippen molar-refractivity contribution in [3.8, 4) is 22.1 Å². The number of halogens is 1. The molecule has 0 radical (unpaired) electrons. The van der Waals surface area contributed by atoms with Gasteiger partial charge in [0, 0.05) is 17.2 Å². The topological polar surface area (TPSA) is 60.4 Å². The first-order valence-electron chi connectivity index (χ1n) is 8.19. The van der Waals surface area contributed by atoms with Crippen molar-refractivity contribution in [1.82, 2.24) is 19.9 Å². The van der Waals surface area contributed by atoms with Crippen LogP contribution in [0.3, 0.4) is 0 Å². The number of methoxy groups -OCH3 is 2. The van der Waals surface area contributed by atoms with E-state index >= 15 is 0 Å². The molecule has 0 fully saturated rings. The van der Waals surface area contributed by atoms with Crippen LogP contribution in [0.1, 0.15) is 18.3 Å². The predicted octanol–water partition coefficient (Wildman–Crippen LogP) is 4.05. The molecule has 2 aromatic heterocycles. The normalized spacial score (nSPS) is 11.3. The zero-order valence-corrected chi connectivity index (χ0v) is 17.0. The van der Waals surface area contributed by atoms with Crippen molar-refractivity contribution in [2.75, 3.05) is 28.3 Å². The number of benzene rings is 1. The monoisotopic (exact) mass is 392 g/mol. The Kier molecular flexibility index (Phi) is 5.60. The van der Waals surface area contributed by atoms with Gasteiger partial charge >= 0.3 is 0 Å². The first kappa shape index (κ1) is 18.8. The molecule has 0 aliphatic carbocycles. The number of hydrogen-bond acceptors (Lipinski definition) is 7. The molecule has 0 bridgehead atoms. The Hall–Kier alpha value is -1.96. The van der Waals surface area contributed by atoms with E-state index < -0.39 is 0 Å². The standard InChI is InChI=1S/C18H21ClN4O2S/c1-6-10-12(24-4)7-13(25-5)16(19)15(10)18-21-11-8-20-14(9-23(2)3)22-17(11)26-18/h7-8H,6,9H2,1-5H3. The summed E-state index contributed by atoms with van der Waals surface area (Å²) < 4.78 is 11.0. The zero-order valence-electron chi connectivity index (χ0n) is 15.5. The number of aromatic nitrogens is 3. The molecule has 0 unspecified atom stereocenters. The fourth-order valence-electron chi connectivity index (χ4n) is 2.79. The minimum Gasteiger partial charge on any atom is -0.496 e. The van der Waals surface area contributed by atoms with Crippen LogP contribution in [0.2, 0.25) is 5.02 Å². The van der Waals surface area contributed by atoms with Crippen LogP contribution >= 0.6 is 22.9 Å². The molecule has 1 aromatic carbocycles. The predicted molar refractivity (Wildman–Crippen MR) is 106 cm³/mol. The Labute approximate surface area is 161 Å². The molecule has 0 atom stereocenters. The number of thiazole rings is 1. The average molecular weight is 393 g/mol. The van der Waals surface area contributed by atoms with E-state index in [0.717, 1.165) is 44.5 Å². The van der Waals surface area contributed by atoms with Crippen LogP contribution in [0.5, 0.6) is 11.5 Å². The van der Waals surface area contributed by atoms with E-state index in [9.17, 15) is 0 Å². The second-order valence-electron chi connectivity index (χ2n) is 6.04. The molecule has 3 aromatic rings. The average Bonchev–Trinajstić information content (AvgIpc) is 3.03. The summed E-state index contributed by atoms with van der Waals surface area (Å²) in [6, 6.07) is 1.81. The van der Waals surface area contributed by atoms with Crippen molar-refractivity contribution in [1.29, 1.82) is 0 Å². The molecule has 0 spiro atoms. The maximum Gasteiger partial charge on any atom is 0.147 e. The smallest absolute Gasteiger partial charge is 0.147 e. The van der Waals surface area contributed by atoms with Gasteiger partial charge in [0.25, 0.3) is 0 Å². The highest BCUT2D eigenvalue weighted by molar-refractivity contribution is 7.21.